The van der Waals surface area contributed by atoms with Gasteiger partial charge in [-0.2, -0.15) is 14.8 Å². The largest absolute Gasteiger partial charge is 0.243 e. The summed E-state index contributed by atoms with van der Waals surface area (Å²) in [7, 11) is -3.65. The first-order chi connectivity index (χ1) is 9.34. The summed E-state index contributed by atoms with van der Waals surface area (Å²) in [5.41, 5.74) is 1.08. The number of benzene rings is 1. The van der Waals surface area contributed by atoms with Crippen molar-refractivity contribution in [2.24, 2.45) is 0 Å². The lowest BCUT2D eigenvalue weighted by molar-refractivity contribution is 0.360. The number of rotatable bonds is 5. The van der Waals surface area contributed by atoms with Crippen molar-refractivity contribution in [1.29, 1.82) is 10.5 Å². The molecule has 106 valence electrons. The Morgan fingerprint density at radius 3 is 2.40 bits per heavy atom. The van der Waals surface area contributed by atoms with Crippen LogP contribution in [0.4, 0.5) is 0 Å². The second kappa shape index (κ2) is 6.51. The maximum atomic E-state index is 12.6. The average molecular weight is 291 g/mol. The van der Waals surface area contributed by atoms with Crippen molar-refractivity contribution < 1.29 is 8.42 Å². The SMILES string of the molecule is Cc1cc(S(=O)(=O)N(CCC#N)C(C)C)ccc1C#N. The van der Waals surface area contributed by atoms with Crippen LogP contribution < -0.4 is 0 Å². The van der Waals surface area contributed by atoms with Gasteiger partial charge in [-0.1, -0.05) is 0 Å². The molecule has 0 atom stereocenters. The standard InChI is InChI=1S/C14H17N3O2S/c1-11(2)17(8-4-7-15)20(18,19)14-6-5-13(10-16)12(3)9-14/h5-6,9,11H,4,8H2,1-3H3. The highest BCUT2D eigenvalue weighted by molar-refractivity contribution is 7.89. The molecule has 0 N–H and O–H groups in total. The number of nitriles is 2. The molecule has 0 amide bonds. The molecular formula is C14H17N3O2S. The third-order valence-corrected chi connectivity index (χ3v) is 5.02. The zero-order chi connectivity index (χ0) is 15.3. The number of aryl methyl sites for hydroxylation is 1. The Bertz CT molecular complexity index is 667. The molecule has 1 aromatic rings. The molecule has 0 fully saturated rings. The number of sulfonamides is 1. The molecular weight excluding hydrogens is 274 g/mol. The van der Waals surface area contributed by atoms with E-state index in [4.69, 9.17) is 10.5 Å². The molecule has 0 saturated carbocycles. The fraction of sp³-hybridized carbons (Fsp3) is 0.429. The molecule has 0 unspecified atom stereocenters. The normalized spacial score (nSPS) is 11.3. The highest BCUT2D eigenvalue weighted by Crippen LogP contribution is 2.21. The van der Waals surface area contributed by atoms with Gasteiger partial charge < -0.3 is 0 Å². The Kier molecular flexibility index (Phi) is 5.26. The van der Waals surface area contributed by atoms with Crippen LogP contribution >= 0.6 is 0 Å². The third kappa shape index (κ3) is 3.36. The Labute approximate surface area is 120 Å². The van der Waals surface area contributed by atoms with Gasteiger partial charge in [0.15, 0.2) is 0 Å². The Morgan fingerprint density at radius 1 is 1.30 bits per heavy atom. The molecule has 0 aliphatic heterocycles. The third-order valence-electron chi connectivity index (χ3n) is 2.94. The van der Waals surface area contributed by atoms with E-state index in [1.807, 2.05) is 12.1 Å². The van der Waals surface area contributed by atoms with Crippen molar-refractivity contribution in [3.63, 3.8) is 0 Å². The zero-order valence-electron chi connectivity index (χ0n) is 11.8. The van der Waals surface area contributed by atoms with E-state index in [0.29, 0.717) is 11.1 Å². The summed E-state index contributed by atoms with van der Waals surface area (Å²) < 4.78 is 26.4. The molecule has 0 heterocycles. The van der Waals surface area contributed by atoms with Gasteiger partial charge in [-0.05, 0) is 44.5 Å². The predicted octanol–water partition coefficient (Wildman–Crippen LogP) is 2.18. The maximum absolute atomic E-state index is 12.6. The van der Waals surface area contributed by atoms with Crippen LogP contribution in [-0.2, 0) is 10.0 Å². The molecule has 0 bridgehead atoms. The van der Waals surface area contributed by atoms with Crippen LogP contribution in [0.2, 0.25) is 0 Å². The van der Waals surface area contributed by atoms with Gasteiger partial charge in [-0.15, -0.1) is 0 Å². The molecule has 0 saturated heterocycles. The second-order valence-corrected chi connectivity index (χ2v) is 6.60. The molecule has 0 aliphatic carbocycles. The van der Waals surface area contributed by atoms with E-state index in [1.165, 1.54) is 22.5 Å². The minimum atomic E-state index is -3.65. The van der Waals surface area contributed by atoms with Crippen LogP contribution in [0.1, 0.15) is 31.4 Å². The van der Waals surface area contributed by atoms with Crippen molar-refractivity contribution in [2.45, 2.75) is 38.1 Å². The summed E-state index contributed by atoms with van der Waals surface area (Å²) in [6.07, 6.45) is 0.146. The molecule has 0 aromatic heterocycles. The molecule has 0 aliphatic rings. The summed E-state index contributed by atoms with van der Waals surface area (Å²) in [5.74, 6) is 0. The summed E-state index contributed by atoms with van der Waals surface area (Å²) in [4.78, 5) is 0.153. The van der Waals surface area contributed by atoms with E-state index in [1.54, 1.807) is 20.8 Å². The Morgan fingerprint density at radius 2 is 1.95 bits per heavy atom. The summed E-state index contributed by atoms with van der Waals surface area (Å²) >= 11 is 0. The van der Waals surface area contributed by atoms with Gasteiger partial charge in [-0.25, -0.2) is 8.42 Å². The first-order valence-corrected chi connectivity index (χ1v) is 7.68. The molecule has 0 spiro atoms. The van der Waals surface area contributed by atoms with E-state index >= 15 is 0 Å². The minimum Gasteiger partial charge on any atom is -0.207 e. The number of hydrogen-bond acceptors (Lipinski definition) is 4. The average Bonchev–Trinajstić information content (AvgIpc) is 2.38. The topological polar surface area (TPSA) is 85.0 Å². The second-order valence-electron chi connectivity index (χ2n) is 4.71. The Hall–Kier alpha value is -1.89. The summed E-state index contributed by atoms with van der Waals surface area (Å²) in [5, 5.41) is 17.5. The van der Waals surface area contributed by atoms with E-state index in [-0.39, 0.29) is 23.9 Å². The van der Waals surface area contributed by atoms with Crippen molar-refractivity contribution >= 4 is 10.0 Å². The molecule has 1 rings (SSSR count). The van der Waals surface area contributed by atoms with Gasteiger partial charge in [0.1, 0.15) is 0 Å². The molecule has 20 heavy (non-hydrogen) atoms. The minimum absolute atomic E-state index is 0.146. The van der Waals surface area contributed by atoms with Gasteiger partial charge in [0.05, 0.1) is 22.6 Å². The van der Waals surface area contributed by atoms with Gasteiger partial charge in [0.2, 0.25) is 10.0 Å². The first kappa shape index (κ1) is 16.2. The van der Waals surface area contributed by atoms with Crippen LogP contribution in [0, 0.1) is 29.6 Å². The van der Waals surface area contributed by atoms with Crippen LogP contribution in [0.5, 0.6) is 0 Å². The van der Waals surface area contributed by atoms with E-state index in [0.717, 1.165) is 0 Å². The predicted molar refractivity (Wildman–Crippen MR) is 75.2 cm³/mol. The molecule has 1 aromatic carbocycles. The van der Waals surface area contributed by atoms with Crippen LogP contribution in [0.25, 0.3) is 0 Å². The fourth-order valence-electron chi connectivity index (χ4n) is 1.87. The van der Waals surface area contributed by atoms with Crippen molar-refractivity contribution in [1.82, 2.24) is 4.31 Å². The number of nitrogens with zero attached hydrogens (tertiary/aromatic N) is 3. The monoisotopic (exact) mass is 291 g/mol. The van der Waals surface area contributed by atoms with Gasteiger partial charge in [0, 0.05) is 19.0 Å². The quantitative estimate of drug-likeness (QED) is 0.832. The van der Waals surface area contributed by atoms with Crippen LogP contribution in [0.15, 0.2) is 23.1 Å². The zero-order valence-corrected chi connectivity index (χ0v) is 12.6. The smallest absolute Gasteiger partial charge is 0.207 e. The van der Waals surface area contributed by atoms with Crippen molar-refractivity contribution in [3.05, 3.63) is 29.3 Å². The molecule has 6 heteroatoms. The summed E-state index contributed by atoms with van der Waals surface area (Å²) in [6.45, 7) is 5.40. The Balaban J connectivity index is 3.24. The molecule has 0 radical (unpaired) electrons. The fourth-order valence-corrected chi connectivity index (χ4v) is 3.60. The van der Waals surface area contributed by atoms with E-state index < -0.39 is 10.0 Å². The summed E-state index contributed by atoms with van der Waals surface area (Å²) in [6, 6.07) is 8.17. The van der Waals surface area contributed by atoms with E-state index in [9.17, 15) is 8.42 Å². The van der Waals surface area contributed by atoms with Crippen LogP contribution in [-0.4, -0.2) is 25.3 Å². The number of hydrogen-bond donors (Lipinski definition) is 0. The van der Waals surface area contributed by atoms with Gasteiger partial charge >= 0.3 is 0 Å². The highest BCUT2D eigenvalue weighted by atomic mass is 32.2. The van der Waals surface area contributed by atoms with Gasteiger partial charge in [0.25, 0.3) is 0 Å². The molecule has 5 nitrogen and oxygen atoms in total. The van der Waals surface area contributed by atoms with Crippen LogP contribution in [0.3, 0.4) is 0 Å². The first-order valence-electron chi connectivity index (χ1n) is 6.24. The van der Waals surface area contributed by atoms with Crippen molar-refractivity contribution in [3.8, 4) is 12.1 Å². The lowest BCUT2D eigenvalue weighted by atomic mass is 10.1. The van der Waals surface area contributed by atoms with Gasteiger partial charge in [-0.3, -0.25) is 0 Å². The van der Waals surface area contributed by atoms with E-state index in [2.05, 4.69) is 0 Å². The lowest BCUT2D eigenvalue weighted by Crippen LogP contribution is -2.37. The maximum Gasteiger partial charge on any atom is 0.243 e. The highest BCUT2D eigenvalue weighted by Gasteiger charge is 2.26. The lowest BCUT2D eigenvalue weighted by Gasteiger charge is -2.25. The van der Waals surface area contributed by atoms with Crippen molar-refractivity contribution in [2.75, 3.05) is 6.54 Å².